The van der Waals surface area contributed by atoms with Crippen molar-refractivity contribution < 1.29 is 14.4 Å². The molecule has 2 atom stereocenters. The first-order valence-corrected chi connectivity index (χ1v) is 11.8. The van der Waals surface area contributed by atoms with E-state index in [1.54, 1.807) is 21.9 Å². The second-order valence-corrected chi connectivity index (χ2v) is 9.16. The Kier molecular flexibility index (Phi) is 5.38. The zero-order valence-corrected chi connectivity index (χ0v) is 19.7. The number of imidazole rings is 1. The van der Waals surface area contributed by atoms with E-state index in [1.807, 2.05) is 50.2 Å². The number of carbonyl (C=O) groups is 3. The lowest BCUT2D eigenvalue weighted by atomic mass is 9.98. The largest absolute Gasteiger partial charge is 0.346 e. The van der Waals surface area contributed by atoms with Gasteiger partial charge in [0.1, 0.15) is 11.5 Å². The molecule has 5 rings (SSSR count). The van der Waals surface area contributed by atoms with Gasteiger partial charge in [0.15, 0.2) is 0 Å². The minimum atomic E-state index is -0.759. The summed E-state index contributed by atoms with van der Waals surface area (Å²) < 4.78 is 2.11. The number of benzene rings is 2. The van der Waals surface area contributed by atoms with Crippen molar-refractivity contribution in [2.24, 2.45) is 0 Å². The number of hydrogen-bond donors (Lipinski definition) is 1. The van der Waals surface area contributed by atoms with Crippen LogP contribution in [0, 0.1) is 0 Å². The molecule has 176 valence electrons. The number of aryl methyl sites for hydroxylation is 1. The van der Waals surface area contributed by atoms with Gasteiger partial charge in [-0.1, -0.05) is 24.3 Å². The fourth-order valence-corrected chi connectivity index (χ4v) is 5.39. The van der Waals surface area contributed by atoms with Crippen molar-refractivity contribution in [3.05, 3.63) is 59.9 Å². The van der Waals surface area contributed by atoms with Crippen molar-refractivity contribution >= 4 is 34.4 Å². The number of nitrogens with zero attached hydrogens (tertiary/aromatic N) is 4. The highest BCUT2D eigenvalue weighted by molar-refractivity contribution is 6.10. The summed E-state index contributed by atoms with van der Waals surface area (Å²) >= 11 is 0. The average molecular weight is 460 g/mol. The number of fused-ring (bicyclic) bond motifs is 4. The molecule has 1 saturated heterocycles. The molecule has 34 heavy (non-hydrogen) atoms. The molecule has 2 aromatic carbocycles. The molecule has 0 aliphatic carbocycles. The maximum atomic E-state index is 13.4. The number of aromatic nitrogens is 2. The third kappa shape index (κ3) is 3.36. The minimum Gasteiger partial charge on any atom is -0.346 e. The van der Waals surface area contributed by atoms with E-state index in [-0.39, 0.29) is 36.7 Å². The van der Waals surface area contributed by atoms with Crippen LogP contribution in [0.2, 0.25) is 0 Å². The van der Waals surface area contributed by atoms with Crippen LogP contribution in [0.1, 0.15) is 62.3 Å². The Labute approximate surface area is 198 Å². The Balaban J connectivity index is 1.33. The molecule has 0 radical (unpaired) electrons. The molecule has 3 amide bonds. The van der Waals surface area contributed by atoms with Crippen molar-refractivity contribution in [2.75, 3.05) is 11.4 Å². The summed E-state index contributed by atoms with van der Waals surface area (Å²) in [7, 11) is 0. The van der Waals surface area contributed by atoms with E-state index < -0.39 is 5.66 Å². The molecule has 0 spiro atoms. The lowest BCUT2D eigenvalue weighted by Crippen LogP contribution is -2.62. The van der Waals surface area contributed by atoms with Crippen LogP contribution in [-0.2, 0) is 16.1 Å². The zero-order valence-electron chi connectivity index (χ0n) is 19.7. The highest BCUT2D eigenvalue weighted by atomic mass is 16.2. The maximum Gasteiger partial charge on any atom is 0.257 e. The number of hydrogen-bond acceptors (Lipinski definition) is 4. The van der Waals surface area contributed by atoms with Gasteiger partial charge in [-0.3, -0.25) is 19.3 Å². The zero-order chi connectivity index (χ0) is 24.0. The van der Waals surface area contributed by atoms with Crippen LogP contribution in [0.25, 0.3) is 11.0 Å². The van der Waals surface area contributed by atoms with Gasteiger partial charge < -0.3 is 14.8 Å². The van der Waals surface area contributed by atoms with Gasteiger partial charge in [-0.15, -0.1) is 0 Å². The van der Waals surface area contributed by atoms with Crippen molar-refractivity contribution in [2.45, 2.75) is 58.3 Å². The molecule has 1 fully saturated rings. The van der Waals surface area contributed by atoms with Gasteiger partial charge in [-0.25, -0.2) is 4.98 Å². The summed E-state index contributed by atoms with van der Waals surface area (Å²) in [4.78, 5) is 47.1. The highest BCUT2D eigenvalue weighted by Gasteiger charge is 2.52. The van der Waals surface area contributed by atoms with Crippen LogP contribution in [0.3, 0.4) is 0 Å². The van der Waals surface area contributed by atoms with Gasteiger partial charge in [0.2, 0.25) is 11.8 Å². The Morgan fingerprint density at radius 3 is 2.68 bits per heavy atom. The number of rotatable bonds is 6. The Morgan fingerprint density at radius 1 is 1.15 bits per heavy atom. The lowest BCUT2D eigenvalue weighted by Gasteiger charge is -2.48. The molecule has 1 N–H and O–H groups in total. The fraction of sp³-hybridized carbons (Fsp3) is 0.385. The van der Waals surface area contributed by atoms with Crippen LogP contribution in [0.15, 0.2) is 48.5 Å². The molecule has 0 saturated carbocycles. The minimum absolute atomic E-state index is 0.00370. The number of carbonyl (C=O) groups excluding carboxylic acids is 3. The van der Waals surface area contributed by atoms with E-state index in [4.69, 9.17) is 4.98 Å². The van der Waals surface area contributed by atoms with Crippen molar-refractivity contribution in [3.8, 4) is 0 Å². The first-order valence-electron chi connectivity index (χ1n) is 11.8. The van der Waals surface area contributed by atoms with Gasteiger partial charge in [0.25, 0.3) is 5.91 Å². The molecule has 2 aliphatic heterocycles. The van der Waals surface area contributed by atoms with E-state index in [2.05, 4.69) is 16.8 Å². The van der Waals surface area contributed by atoms with Crippen molar-refractivity contribution in [1.29, 1.82) is 0 Å². The molecule has 3 aromatic rings. The van der Waals surface area contributed by atoms with Crippen LogP contribution < -0.4 is 10.2 Å². The van der Waals surface area contributed by atoms with E-state index in [1.165, 1.54) is 0 Å². The van der Waals surface area contributed by atoms with Crippen LogP contribution >= 0.6 is 0 Å². The SMILES string of the molecule is CCn1c(C(C)NC(=O)CCN2C(=O)c3ccccc3N3C(=O)CCC23C)nc2ccccc21. The second kappa shape index (κ2) is 8.27. The quantitative estimate of drug-likeness (QED) is 0.610. The number of amides is 3. The van der Waals surface area contributed by atoms with Crippen molar-refractivity contribution in [1.82, 2.24) is 19.8 Å². The lowest BCUT2D eigenvalue weighted by molar-refractivity contribution is -0.122. The Morgan fingerprint density at radius 2 is 1.88 bits per heavy atom. The molecule has 8 heteroatoms. The summed E-state index contributed by atoms with van der Waals surface area (Å²) in [6, 6.07) is 14.8. The molecule has 1 aromatic heterocycles. The molecule has 0 bridgehead atoms. The standard InChI is InChI=1S/C26H29N5O3/c1-4-29-21-12-8-6-10-19(21)28-24(29)17(2)27-22(32)14-16-30-25(34)18-9-5-7-11-20(18)31-23(33)13-15-26(30,31)3/h5-12,17H,4,13-16H2,1-3H3,(H,27,32). The predicted octanol–water partition coefficient (Wildman–Crippen LogP) is 3.62. The van der Waals surface area contributed by atoms with E-state index in [0.717, 1.165) is 23.4 Å². The van der Waals surface area contributed by atoms with E-state index >= 15 is 0 Å². The van der Waals surface area contributed by atoms with Gasteiger partial charge in [0.05, 0.1) is 28.3 Å². The first kappa shape index (κ1) is 22.1. The Bertz CT molecular complexity index is 1300. The molecule has 2 unspecified atom stereocenters. The third-order valence-electron chi connectivity index (χ3n) is 7.07. The smallest absolute Gasteiger partial charge is 0.257 e. The van der Waals surface area contributed by atoms with Crippen LogP contribution in [-0.4, -0.2) is 44.4 Å². The van der Waals surface area contributed by atoms with Crippen molar-refractivity contribution in [3.63, 3.8) is 0 Å². The van der Waals surface area contributed by atoms with Crippen LogP contribution in [0.4, 0.5) is 5.69 Å². The van der Waals surface area contributed by atoms with Crippen LogP contribution in [0.5, 0.6) is 0 Å². The monoisotopic (exact) mass is 459 g/mol. The summed E-state index contributed by atoms with van der Waals surface area (Å²) in [5, 5.41) is 3.05. The maximum absolute atomic E-state index is 13.4. The Hall–Kier alpha value is -3.68. The van der Waals surface area contributed by atoms with E-state index in [9.17, 15) is 14.4 Å². The predicted molar refractivity (Wildman–Crippen MR) is 129 cm³/mol. The normalized spacial score (nSPS) is 20.4. The number of anilines is 1. The summed E-state index contributed by atoms with van der Waals surface area (Å²) in [5.74, 6) is 0.509. The molecule has 8 nitrogen and oxygen atoms in total. The first-order chi connectivity index (χ1) is 16.3. The van der Waals surface area contributed by atoms with Gasteiger partial charge >= 0.3 is 0 Å². The summed E-state index contributed by atoms with van der Waals surface area (Å²) in [5.41, 5.74) is 2.34. The molecular formula is C26H29N5O3. The van der Waals surface area contributed by atoms with Gasteiger partial charge in [-0.2, -0.15) is 0 Å². The second-order valence-electron chi connectivity index (χ2n) is 9.16. The molecule has 3 heterocycles. The molecule has 2 aliphatic rings. The van der Waals surface area contributed by atoms with E-state index in [0.29, 0.717) is 24.1 Å². The highest BCUT2D eigenvalue weighted by Crippen LogP contribution is 2.43. The van der Waals surface area contributed by atoms with Gasteiger partial charge in [0, 0.05) is 25.9 Å². The third-order valence-corrected chi connectivity index (χ3v) is 7.07. The number of para-hydroxylation sites is 3. The number of nitrogens with one attached hydrogen (secondary N) is 1. The molecular weight excluding hydrogens is 430 g/mol. The average Bonchev–Trinajstić information content (AvgIpc) is 3.36. The van der Waals surface area contributed by atoms with Gasteiger partial charge in [-0.05, 0) is 51.5 Å². The summed E-state index contributed by atoms with van der Waals surface area (Å²) in [6.07, 6.45) is 1.07. The summed E-state index contributed by atoms with van der Waals surface area (Å²) in [6.45, 7) is 6.87. The topological polar surface area (TPSA) is 87.5 Å². The fourth-order valence-electron chi connectivity index (χ4n) is 5.39.